The van der Waals surface area contributed by atoms with Gasteiger partial charge in [0.25, 0.3) is 12.2 Å². The maximum Gasteiger partial charge on any atom is 0.356 e. The number of H-pyrrole nitrogens is 1. The highest BCUT2D eigenvalue weighted by molar-refractivity contribution is 5.87. The number of aromatic amines is 1. The number of carboxylic acids is 1. The maximum absolute atomic E-state index is 12.7. The SMILES string of the molecule is Cc1nc2ncnn2c(C)c1CCC(=O)N1CCc2c(C(=O)O)n[nH]c2C1.O=CO. The molecule has 0 saturated heterocycles. The molecular formula is C18H21N7O5. The number of aryl methyl sites for hydroxylation is 2. The number of carboxylic acid groups (broad SMARTS) is 2. The number of carbonyl (C=O) groups is 3. The minimum atomic E-state index is -1.05. The largest absolute Gasteiger partial charge is 0.483 e. The van der Waals surface area contributed by atoms with Crippen LogP contribution in [0.3, 0.4) is 0 Å². The predicted molar refractivity (Wildman–Crippen MR) is 102 cm³/mol. The number of rotatable bonds is 4. The molecule has 0 atom stereocenters. The van der Waals surface area contributed by atoms with Crippen LogP contribution in [0.1, 0.15) is 45.1 Å². The molecule has 12 heteroatoms. The quantitative estimate of drug-likeness (QED) is 0.510. The minimum absolute atomic E-state index is 0.0182. The van der Waals surface area contributed by atoms with Crippen molar-refractivity contribution in [3.05, 3.63) is 40.2 Å². The predicted octanol–water partition coefficient (Wildman–Crippen LogP) is 0.381. The Balaban J connectivity index is 0.000000806. The van der Waals surface area contributed by atoms with Gasteiger partial charge in [-0.2, -0.15) is 15.2 Å². The molecule has 12 nitrogen and oxygen atoms in total. The minimum Gasteiger partial charge on any atom is -0.483 e. The third-order valence-electron chi connectivity index (χ3n) is 5.07. The van der Waals surface area contributed by atoms with Gasteiger partial charge in [0, 0.05) is 29.9 Å². The van der Waals surface area contributed by atoms with Gasteiger partial charge in [-0.15, -0.1) is 0 Å². The second-order valence-electron chi connectivity index (χ2n) is 6.74. The van der Waals surface area contributed by atoms with Gasteiger partial charge in [0.2, 0.25) is 5.91 Å². The molecule has 3 aromatic heterocycles. The Labute approximate surface area is 170 Å². The highest BCUT2D eigenvalue weighted by Crippen LogP contribution is 2.22. The number of nitrogens with one attached hydrogen (secondary N) is 1. The second-order valence-corrected chi connectivity index (χ2v) is 6.74. The molecule has 3 N–H and O–H groups in total. The van der Waals surface area contributed by atoms with Crippen LogP contribution in [-0.4, -0.2) is 69.8 Å². The van der Waals surface area contributed by atoms with Crippen molar-refractivity contribution in [2.24, 2.45) is 0 Å². The van der Waals surface area contributed by atoms with E-state index in [0.717, 1.165) is 17.0 Å². The average Bonchev–Trinajstić information content (AvgIpc) is 3.34. The molecule has 1 aliphatic rings. The monoisotopic (exact) mass is 415 g/mol. The molecule has 0 aromatic carbocycles. The van der Waals surface area contributed by atoms with Crippen molar-refractivity contribution in [1.82, 2.24) is 34.7 Å². The molecule has 0 bridgehead atoms. The van der Waals surface area contributed by atoms with Gasteiger partial charge in [-0.1, -0.05) is 0 Å². The Bertz CT molecular complexity index is 1100. The van der Waals surface area contributed by atoms with E-state index in [-0.39, 0.29) is 18.1 Å². The van der Waals surface area contributed by atoms with Crippen LogP contribution in [0.25, 0.3) is 5.78 Å². The molecule has 3 aromatic rings. The van der Waals surface area contributed by atoms with Crippen LogP contribution in [0.5, 0.6) is 0 Å². The van der Waals surface area contributed by atoms with Crippen LogP contribution in [-0.2, 0) is 29.0 Å². The van der Waals surface area contributed by atoms with Gasteiger partial charge in [0.05, 0.1) is 12.2 Å². The maximum atomic E-state index is 12.7. The summed E-state index contributed by atoms with van der Waals surface area (Å²) in [5, 5.41) is 26.8. The summed E-state index contributed by atoms with van der Waals surface area (Å²) in [5.74, 6) is -0.476. The molecule has 4 rings (SSSR count). The summed E-state index contributed by atoms with van der Waals surface area (Å²) in [4.78, 5) is 42.5. The molecule has 4 heterocycles. The Kier molecular flexibility index (Phi) is 6.04. The molecule has 0 radical (unpaired) electrons. The Morgan fingerprint density at radius 2 is 2.07 bits per heavy atom. The highest BCUT2D eigenvalue weighted by atomic mass is 16.4. The van der Waals surface area contributed by atoms with E-state index in [9.17, 15) is 9.59 Å². The average molecular weight is 415 g/mol. The molecular weight excluding hydrogens is 394 g/mol. The van der Waals surface area contributed by atoms with E-state index in [1.165, 1.54) is 6.33 Å². The van der Waals surface area contributed by atoms with E-state index in [4.69, 9.17) is 15.0 Å². The number of nitrogens with zero attached hydrogens (tertiary/aromatic N) is 6. The molecule has 1 aliphatic heterocycles. The van der Waals surface area contributed by atoms with Crippen LogP contribution in [0, 0.1) is 13.8 Å². The third kappa shape index (κ3) is 3.97. The van der Waals surface area contributed by atoms with E-state index in [1.54, 1.807) is 9.42 Å². The molecule has 0 saturated carbocycles. The van der Waals surface area contributed by atoms with Crippen molar-refractivity contribution in [1.29, 1.82) is 0 Å². The van der Waals surface area contributed by atoms with E-state index in [0.29, 0.717) is 49.4 Å². The van der Waals surface area contributed by atoms with Gasteiger partial charge in [-0.3, -0.25) is 14.7 Å². The summed E-state index contributed by atoms with van der Waals surface area (Å²) in [7, 11) is 0. The lowest BCUT2D eigenvalue weighted by molar-refractivity contribution is -0.132. The van der Waals surface area contributed by atoms with E-state index in [1.807, 2.05) is 13.8 Å². The van der Waals surface area contributed by atoms with Crippen molar-refractivity contribution >= 4 is 24.1 Å². The van der Waals surface area contributed by atoms with E-state index in [2.05, 4.69) is 25.3 Å². The van der Waals surface area contributed by atoms with Crippen molar-refractivity contribution in [3.8, 4) is 0 Å². The topological polar surface area (TPSA) is 167 Å². The first kappa shape index (κ1) is 20.9. The first-order valence-corrected chi connectivity index (χ1v) is 9.18. The fraction of sp³-hybridized carbons (Fsp3) is 0.389. The molecule has 0 spiro atoms. The van der Waals surface area contributed by atoms with Crippen LogP contribution >= 0.6 is 0 Å². The van der Waals surface area contributed by atoms with Gasteiger partial charge in [-0.05, 0) is 32.3 Å². The Morgan fingerprint density at radius 1 is 1.33 bits per heavy atom. The first-order chi connectivity index (χ1) is 14.4. The number of aromatic nitrogens is 6. The number of amides is 1. The summed E-state index contributed by atoms with van der Waals surface area (Å²) in [6.07, 6.45) is 2.86. The van der Waals surface area contributed by atoms with Gasteiger partial charge in [0.1, 0.15) is 6.33 Å². The number of hydrogen-bond donors (Lipinski definition) is 3. The van der Waals surface area contributed by atoms with Gasteiger partial charge < -0.3 is 15.1 Å². The Hall–Kier alpha value is -3.83. The van der Waals surface area contributed by atoms with Gasteiger partial charge >= 0.3 is 5.97 Å². The number of hydrogen-bond acceptors (Lipinski definition) is 7. The van der Waals surface area contributed by atoms with Crippen molar-refractivity contribution in [2.45, 2.75) is 39.7 Å². The van der Waals surface area contributed by atoms with Crippen molar-refractivity contribution in [2.75, 3.05) is 6.54 Å². The molecule has 1 amide bonds. The number of aromatic carboxylic acids is 1. The first-order valence-electron chi connectivity index (χ1n) is 9.18. The molecule has 0 aliphatic carbocycles. The molecule has 0 fully saturated rings. The van der Waals surface area contributed by atoms with E-state index < -0.39 is 5.97 Å². The zero-order valence-corrected chi connectivity index (χ0v) is 16.5. The summed E-state index contributed by atoms with van der Waals surface area (Å²) < 4.78 is 1.68. The fourth-order valence-electron chi connectivity index (χ4n) is 3.62. The van der Waals surface area contributed by atoms with Crippen molar-refractivity contribution < 1.29 is 24.6 Å². The lowest BCUT2D eigenvalue weighted by Gasteiger charge is -2.27. The molecule has 30 heavy (non-hydrogen) atoms. The highest BCUT2D eigenvalue weighted by Gasteiger charge is 2.27. The zero-order chi connectivity index (χ0) is 21.8. The number of carbonyl (C=O) groups excluding carboxylic acids is 1. The van der Waals surface area contributed by atoms with Gasteiger partial charge in [0.15, 0.2) is 5.69 Å². The molecule has 0 unspecified atom stereocenters. The van der Waals surface area contributed by atoms with Crippen LogP contribution in [0.15, 0.2) is 6.33 Å². The van der Waals surface area contributed by atoms with E-state index >= 15 is 0 Å². The van der Waals surface area contributed by atoms with Gasteiger partial charge in [-0.25, -0.2) is 14.3 Å². The summed E-state index contributed by atoms with van der Waals surface area (Å²) in [6, 6.07) is 0. The standard InChI is InChI=1S/C17H19N7O3.CH2O2/c1-9-11(10(2)24-17(20-9)18-8-19-24)3-4-14(25)23-6-5-12-13(7-23)21-22-15(12)16(26)27;2-1-3/h8H,3-7H2,1-2H3,(H,21,22)(H,26,27);1H,(H,2,3). The fourth-order valence-corrected chi connectivity index (χ4v) is 3.62. The zero-order valence-electron chi connectivity index (χ0n) is 16.5. The van der Waals surface area contributed by atoms with Crippen LogP contribution < -0.4 is 0 Å². The summed E-state index contributed by atoms with van der Waals surface area (Å²) in [5.41, 5.74) is 4.22. The van der Waals surface area contributed by atoms with Crippen LogP contribution in [0.2, 0.25) is 0 Å². The molecule has 158 valence electrons. The lowest BCUT2D eigenvalue weighted by atomic mass is 10.0. The Morgan fingerprint density at radius 3 is 2.77 bits per heavy atom. The van der Waals surface area contributed by atoms with Crippen molar-refractivity contribution in [3.63, 3.8) is 0 Å². The third-order valence-corrected chi connectivity index (χ3v) is 5.07. The normalized spacial score (nSPS) is 12.8. The lowest BCUT2D eigenvalue weighted by Crippen LogP contribution is -2.36. The summed E-state index contributed by atoms with van der Waals surface area (Å²) >= 11 is 0. The second kappa shape index (κ2) is 8.68. The summed E-state index contributed by atoms with van der Waals surface area (Å²) in [6.45, 7) is 4.45. The van der Waals surface area contributed by atoms with Crippen LogP contribution in [0.4, 0.5) is 0 Å². The number of fused-ring (bicyclic) bond motifs is 2. The smallest absolute Gasteiger partial charge is 0.356 e.